The number of hydrogen-bond acceptors (Lipinski definition) is 4. The number of nitrogens with zero attached hydrogens (tertiary/aromatic N) is 1. The van der Waals surface area contributed by atoms with Crippen molar-refractivity contribution in [2.24, 2.45) is 0 Å². The van der Waals surface area contributed by atoms with E-state index in [2.05, 4.69) is 5.32 Å². The lowest BCUT2D eigenvalue weighted by molar-refractivity contribution is -0.122. The van der Waals surface area contributed by atoms with Gasteiger partial charge in [0, 0.05) is 13.1 Å². The van der Waals surface area contributed by atoms with E-state index >= 15 is 0 Å². The molecule has 1 N–H and O–H groups in total. The van der Waals surface area contributed by atoms with Crippen molar-refractivity contribution in [3.8, 4) is 5.75 Å². The van der Waals surface area contributed by atoms with Crippen LogP contribution >= 0.6 is 12.4 Å². The lowest BCUT2D eigenvalue weighted by Crippen LogP contribution is -2.44. The molecular weight excluding hydrogens is 292 g/mol. The number of benzene rings is 1. The summed E-state index contributed by atoms with van der Waals surface area (Å²) in [5, 5.41) is 3.25. The van der Waals surface area contributed by atoms with Gasteiger partial charge in [0.1, 0.15) is 12.4 Å². The second kappa shape index (κ2) is 7.11. The molecule has 1 saturated heterocycles. The summed E-state index contributed by atoms with van der Waals surface area (Å²) in [5.74, 6) is 0.902. The molecule has 2 heterocycles. The van der Waals surface area contributed by atoms with E-state index in [0.717, 1.165) is 30.1 Å². The van der Waals surface area contributed by atoms with Crippen molar-refractivity contribution in [1.29, 1.82) is 0 Å². The van der Waals surface area contributed by atoms with Gasteiger partial charge in [-0.15, -0.1) is 12.4 Å². The number of fused-ring (bicyclic) bond motifs is 1. The van der Waals surface area contributed by atoms with E-state index in [1.54, 1.807) is 0 Å². The Morgan fingerprint density at radius 2 is 2.29 bits per heavy atom. The number of ether oxygens (including phenoxy) is 2. The zero-order valence-electron chi connectivity index (χ0n) is 12.1. The van der Waals surface area contributed by atoms with Crippen molar-refractivity contribution in [3.05, 3.63) is 23.8 Å². The van der Waals surface area contributed by atoms with Crippen LogP contribution in [0, 0.1) is 6.92 Å². The number of amides is 1. The van der Waals surface area contributed by atoms with Gasteiger partial charge >= 0.3 is 0 Å². The quantitative estimate of drug-likeness (QED) is 0.899. The molecule has 1 atom stereocenters. The highest BCUT2D eigenvalue weighted by Gasteiger charge is 2.26. The van der Waals surface area contributed by atoms with Gasteiger partial charge < -0.3 is 19.7 Å². The summed E-state index contributed by atoms with van der Waals surface area (Å²) < 4.78 is 11.2. The average molecular weight is 313 g/mol. The van der Waals surface area contributed by atoms with Crippen LogP contribution < -0.4 is 15.0 Å². The lowest BCUT2D eigenvalue weighted by Gasteiger charge is -2.31. The van der Waals surface area contributed by atoms with Crippen LogP contribution in [-0.2, 0) is 9.53 Å². The Morgan fingerprint density at radius 3 is 3.05 bits per heavy atom. The molecule has 0 aromatic heterocycles. The highest BCUT2D eigenvalue weighted by molar-refractivity contribution is 5.95. The van der Waals surface area contributed by atoms with Crippen molar-refractivity contribution in [2.45, 2.75) is 19.4 Å². The molecule has 21 heavy (non-hydrogen) atoms. The zero-order valence-corrected chi connectivity index (χ0v) is 12.9. The number of carbonyl (C=O) groups is 1. The third-order valence-electron chi connectivity index (χ3n) is 3.69. The van der Waals surface area contributed by atoms with Gasteiger partial charge in [-0.05, 0) is 24.6 Å². The number of anilines is 1. The maximum absolute atomic E-state index is 12.5. The summed E-state index contributed by atoms with van der Waals surface area (Å²) in [6.07, 6.45) is 0.397. The fourth-order valence-electron chi connectivity index (χ4n) is 2.64. The van der Waals surface area contributed by atoms with Gasteiger partial charge in [0.15, 0.2) is 0 Å². The van der Waals surface area contributed by atoms with E-state index in [0.29, 0.717) is 26.2 Å². The van der Waals surface area contributed by atoms with Gasteiger partial charge in [-0.1, -0.05) is 6.07 Å². The molecule has 0 spiro atoms. The van der Waals surface area contributed by atoms with Crippen molar-refractivity contribution < 1.29 is 14.3 Å². The van der Waals surface area contributed by atoms with Gasteiger partial charge in [-0.3, -0.25) is 4.79 Å². The Labute approximate surface area is 131 Å². The molecule has 116 valence electrons. The minimum atomic E-state index is -0.0204. The molecule has 1 aromatic rings. The lowest BCUT2D eigenvalue weighted by atomic mass is 10.1. The van der Waals surface area contributed by atoms with Gasteiger partial charge in [0.05, 0.1) is 31.4 Å². The third-order valence-corrected chi connectivity index (χ3v) is 3.69. The van der Waals surface area contributed by atoms with Crippen LogP contribution in [0.4, 0.5) is 5.69 Å². The summed E-state index contributed by atoms with van der Waals surface area (Å²) in [5.41, 5.74) is 2.01. The van der Waals surface area contributed by atoms with E-state index in [9.17, 15) is 4.79 Å². The number of halogens is 1. The number of aryl methyl sites for hydroxylation is 1. The van der Waals surface area contributed by atoms with E-state index in [4.69, 9.17) is 9.47 Å². The number of morpholine rings is 1. The zero-order chi connectivity index (χ0) is 13.9. The monoisotopic (exact) mass is 312 g/mol. The summed E-state index contributed by atoms with van der Waals surface area (Å²) in [7, 11) is 0. The van der Waals surface area contributed by atoms with Crippen LogP contribution in [0.3, 0.4) is 0 Å². The molecule has 0 aliphatic carbocycles. The third kappa shape index (κ3) is 3.67. The van der Waals surface area contributed by atoms with Crippen molar-refractivity contribution in [3.63, 3.8) is 0 Å². The highest BCUT2D eigenvalue weighted by atomic mass is 35.5. The maximum atomic E-state index is 12.5. The molecule has 2 aliphatic heterocycles. The maximum Gasteiger partial charge on any atom is 0.229 e. The van der Waals surface area contributed by atoms with E-state index in [1.165, 1.54) is 0 Å². The number of nitrogens with one attached hydrogen (secondary N) is 1. The number of rotatable bonds is 2. The molecule has 5 nitrogen and oxygen atoms in total. The van der Waals surface area contributed by atoms with Crippen LogP contribution in [0.1, 0.15) is 12.0 Å². The SMILES string of the molecule is Cc1ccc2c(c1)OCCN2C(=O)CC1CNCCO1.Cl. The highest BCUT2D eigenvalue weighted by Crippen LogP contribution is 2.32. The normalized spacial score (nSPS) is 21.0. The topological polar surface area (TPSA) is 50.8 Å². The second-order valence-corrected chi connectivity index (χ2v) is 5.27. The molecule has 0 saturated carbocycles. The molecule has 6 heteroatoms. The van der Waals surface area contributed by atoms with Gasteiger partial charge in [-0.25, -0.2) is 0 Å². The van der Waals surface area contributed by atoms with Crippen LogP contribution in [0.2, 0.25) is 0 Å². The Morgan fingerprint density at radius 1 is 1.43 bits per heavy atom. The van der Waals surface area contributed by atoms with E-state index < -0.39 is 0 Å². The van der Waals surface area contributed by atoms with Crippen LogP contribution in [-0.4, -0.2) is 44.9 Å². The van der Waals surface area contributed by atoms with E-state index in [-0.39, 0.29) is 24.4 Å². The van der Waals surface area contributed by atoms with Crippen LogP contribution in [0.15, 0.2) is 18.2 Å². The molecule has 1 amide bonds. The van der Waals surface area contributed by atoms with E-state index in [1.807, 2.05) is 30.0 Å². The Balaban J connectivity index is 0.00000161. The number of hydrogen-bond donors (Lipinski definition) is 1. The first-order valence-corrected chi connectivity index (χ1v) is 7.10. The van der Waals surface area contributed by atoms with Crippen molar-refractivity contribution >= 4 is 24.0 Å². The van der Waals surface area contributed by atoms with Gasteiger partial charge in [-0.2, -0.15) is 0 Å². The molecule has 2 aliphatic rings. The molecule has 0 bridgehead atoms. The predicted octanol–water partition coefficient (Wildman–Crippen LogP) is 1.52. The van der Waals surface area contributed by atoms with Crippen LogP contribution in [0.5, 0.6) is 5.75 Å². The smallest absolute Gasteiger partial charge is 0.229 e. The van der Waals surface area contributed by atoms with Crippen molar-refractivity contribution in [1.82, 2.24) is 5.32 Å². The summed E-state index contributed by atoms with van der Waals surface area (Å²) in [6, 6.07) is 5.95. The number of carbonyl (C=O) groups excluding carboxylic acids is 1. The Hall–Kier alpha value is -1.30. The molecule has 1 fully saturated rings. The molecule has 0 radical (unpaired) electrons. The fraction of sp³-hybridized carbons (Fsp3) is 0.533. The minimum Gasteiger partial charge on any atom is -0.490 e. The first-order chi connectivity index (χ1) is 9.74. The summed E-state index contributed by atoms with van der Waals surface area (Å²) >= 11 is 0. The second-order valence-electron chi connectivity index (χ2n) is 5.27. The molecule has 1 unspecified atom stereocenters. The Kier molecular flexibility index (Phi) is 5.45. The van der Waals surface area contributed by atoms with Crippen molar-refractivity contribution in [2.75, 3.05) is 37.7 Å². The largest absolute Gasteiger partial charge is 0.490 e. The Bertz CT molecular complexity index is 504. The van der Waals surface area contributed by atoms with Gasteiger partial charge in [0.2, 0.25) is 5.91 Å². The standard InChI is InChI=1S/C15H20N2O3.ClH/c1-11-2-3-13-14(8-11)20-7-5-17(13)15(18)9-12-10-16-4-6-19-12;/h2-3,8,12,16H,4-7,9-10H2,1H3;1H. The molecular formula is C15H21ClN2O3. The fourth-order valence-corrected chi connectivity index (χ4v) is 2.64. The average Bonchev–Trinajstić information content (AvgIpc) is 2.47. The first kappa shape index (κ1) is 16.1. The molecule has 1 aromatic carbocycles. The molecule has 3 rings (SSSR count). The summed E-state index contributed by atoms with van der Waals surface area (Å²) in [6.45, 7) is 5.46. The van der Waals surface area contributed by atoms with Gasteiger partial charge in [0.25, 0.3) is 0 Å². The van der Waals surface area contributed by atoms with Crippen LogP contribution in [0.25, 0.3) is 0 Å². The first-order valence-electron chi connectivity index (χ1n) is 7.10. The predicted molar refractivity (Wildman–Crippen MR) is 83.5 cm³/mol. The summed E-state index contributed by atoms with van der Waals surface area (Å²) in [4.78, 5) is 14.3. The minimum absolute atomic E-state index is 0.